The van der Waals surface area contributed by atoms with E-state index in [0.29, 0.717) is 45.3 Å². The number of halogens is 1. The Morgan fingerprint density at radius 1 is 0.554 bits per heavy atom. The summed E-state index contributed by atoms with van der Waals surface area (Å²) in [5.41, 5.74) is 4.89. The smallest absolute Gasteiger partial charge is 0.245 e. The third kappa shape index (κ3) is 9.87. The molecule has 7 aromatic carbocycles. The first-order chi connectivity index (χ1) is 36.2. The highest BCUT2D eigenvalue weighted by Gasteiger charge is 2.43. The molecule has 9 aromatic rings. The zero-order chi connectivity index (χ0) is 51.1. The summed E-state index contributed by atoms with van der Waals surface area (Å²) in [6.45, 7) is 0.0287. The highest BCUT2D eigenvalue weighted by molar-refractivity contribution is 5.76. The summed E-state index contributed by atoms with van der Waals surface area (Å²) in [5.74, 6) is 2.55. The number of fused-ring (bicyclic) bond motifs is 1. The predicted molar refractivity (Wildman–Crippen MR) is 276 cm³/mol. The number of ether oxygens (including phenoxy) is 8. The van der Waals surface area contributed by atoms with Gasteiger partial charge in [-0.25, -0.2) is 14.4 Å². The predicted octanol–water partition coefficient (Wildman–Crippen LogP) is 10.7. The number of hydrogen-bond acceptors (Lipinski definition) is 12. The van der Waals surface area contributed by atoms with Gasteiger partial charge in [-0.2, -0.15) is 4.98 Å². The van der Waals surface area contributed by atoms with Gasteiger partial charge in [-0.15, -0.1) is 0 Å². The number of aliphatic hydroxyl groups is 1. The number of methoxy groups -OCH3 is 4. The van der Waals surface area contributed by atoms with E-state index in [4.69, 9.17) is 37.9 Å². The third-order valence-electron chi connectivity index (χ3n) is 13.5. The van der Waals surface area contributed by atoms with E-state index in [-0.39, 0.29) is 32.1 Å². The molecule has 14 heteroatoms. The van der Waals surface area contributed by atoms with Crippen LogP contribution in [0.3, 0.4) is 0 Å². The fourth-order valence-corrected chi connectivity index (χ4v) is 9.77. The van der Waals surface area contributed by atoms with Crippen molar-refractivity contribution < 1.29 is 47.4 Å². The van der Waals surface area contributed by atoms with E-state index in [2.05, 4.69) is 15.0 Å². The van der Waals surface area contributed by atoms with E-state index < -0.39 is 35.5 Å². The highest BCUT2D eigenvalue weighted by atomic mass is 19.1. The van der Waals surface area contributed by atoms with E-state index in [0.717, 1.165) is 33.4 Å². The van der Waals surface area contributed by atoms with Crippen LogP contribution in [0.1, 0.15) is 57.2 Å². The molecule has 0 spiro atoms. The van der Waals surface area contributed by atoms with E-state index in [9.17, 15) is 5.11 Å². The molecule has 1 aliphatic heterocycles. The molecule has 1 saturated heterocycles. The molecule has 10 rings (SSSR count). The quantitative estimate of drug-likeness (QED) is 0.0728. The topological polar surface area (TPSA) is 138 Å². The largest absolute Gasteiger partial charge is 0.497 e. The fraction of sp³-hybridized carbons (Fsp3) is 0.217. The Morgan fingerprint density at radius 2 is 1.00 bits per heavy atom. The molecule has 376 valence electrons. The van der Waals surface area contributed by atoms with Crippen molar-refractivity contribution in [1.82, 2.24) is 19.5 Å². The SMILES string of the molecule is COc1ccc(C(OCc2cc(F)cc(COc3ncnc4c3ncn4[C@H]3C[C@H](O)[C@@H](COC(c4ccccc4)(c4ccc(OC)cc4)c4ccc(OC)cc4)O3)c2)(c2ccccc2)c2ccc(OC)cc2)cc1. The van der Waals surface area contributed by atoms with Crippen molar-refractivity contribution in [3.63, 3.8) is 0 Å². The average molecular weight is 995 g/mol. The van der Waals surface area contributed by atoms with Crippen LogP contribution in [0.15, 0.2) is 189 Å². The van der Waals surface area contributed by atoms with E-state index in [1.165, 1.54) is 18.5 Å². The van der Waals surface area contributed by atoms with Gasteiger partial charge in [0.2, 0.25) is 5.88 Å². The van der Waals surface area contributed by atoms with Gasteiger partial charge in [0.05, 0.1) is 54.1 Å². The number of nitrogens with zero attached hydrogens (tertiary/aromatic N) is 4. The summed E-state index contributed by atoms with van der Waals surface area (Å²) >= 11 is 0. The van der Waals surface area contributed by atoms with Crippen LogP contribution < -0.4 is 23.7 Å². The molecule has 1 N–H and O–H groups in total. The van der Waals surface area contributed by atoms with Crippen LogP contribution in [0.4, 0.5) is 4.39 Å². The summed E-state index contributed by atoms with van der Waals surface area (Å²) in [6, 6.07) is 55.6. The molecule has 0 bridgehead atoms. The second-order valence-corrected chi connectivity index (χ2v) is 17.8. The van der Waals surface area contributed by atoms with Crippen LogP contribution in [0.25, 0.3) is 11.2 Å². The first kappa shape index (κ1) is 49.4. The second kappa shape index (κ2) is 21.9. The van der Waals surface area contributed by atoms with Gasteiger partial charge in [-0.1, -0.05) is 109 Å². The second-order valence-electron chi connectivity index (χ2n) is 17.8. The zero-order valence-corrected chi connectivity index (χ0v) is 41.3. The molecule has 0 amide bonds. The van der Waals surface area contributed by atoms with Gasteiger partial charge in [0.1, 0.15) is 65.3 Å². The number of aromatic nitrogens is 4. The molecule has 0 aliphatic carbocycles. The lowest BCUT2D eigenvalue weighted by atomic mass is 9.80. The number of hydrogen-bond donors (Lipinski definition) is 1. The number of rotatable bonds is 20. The molecule has 0 unspecified atom stereocenters. The van der Waals surface area contributed by atoms with Gasteiger partial charge >= 0.3 is 0 Å². The molecular formula is C60H55FN4O9. The van der Waals surface area contributed by atoms with Crippen LogP contribution in [-0.4, -0.2) is 71.9 Å². The standard InChI is InChI=1S/C60H55FN4O9/c1-67-49-23-15-44(16-24-49)59(42-11-7-5-8-12-42,45-17-25-50(68-2)26-18-45)72-36-41-31-40(32-48(61)33-41)35-71-58-56-57(62-38-63-58)65(39-64-56)55-34-53(66)54(74-55)37-73-60(43-13-9-6-10-14-43,46-19-27-51(69-3)28-20-46)47-21-29-52(70-4)30-22-47/h5-33,38-39,53-55,66H,34-37H2,1-4H3/t53-,54+,55+/m0/s1. The van der Waals surface area contributed by atoms with Crippen LogP contribution in [0.2, 0.25) is 0 Å². The lowest BCUT2D eigenvalue weighted by Crippen LogP contribution is -2.38. The molecular weight excluding hydrogens is 940 g/mol. The van der Waals surface area contributed by atoms with Crippen molar-refractivity contribution in [2.24, 2.45) is 0 Å². The van der Waals surface area contributed by atoms with E-state index >= 15 is 4.39 Å². The zero-order valence-electron chi connectivity index (χ0n) is 41.3. The van der Waals surface area contributed by atoms with Gasteiger partial charge in [0.25, 0.3) is 0 Å². The molecule has 0 radical (unpaired) electrons. The first-order valence-corrected chi connectivity index (χ1v) is 24.1. The van der Waals surface area contributed by atoms with Crippen LogP contribution in [0, 0.1) is 5.82 Å². The van der Waals surface area contributed by atoms with Crippen molar-refractivity contribution in [3.05, 3.63) is 239 Å². The summed E-state index contributed by atoms with van der Waals surface area (Å²) in [7, 11) is 6.51. The summed E-state index contributed by atoms with van der Waals surface area (Å²) in [6.07, 6.45) is 0.936. The van der Waals surface area contributed by atoms with Gasteiger partial charge in [-0.3, -0.25) is 4.57 Å². The minimum Gasteiger partial charge on any atom is -0.497 e. The first-order valence-electron chi connectivity index (χ1n) is 24.1. The van der Waals surface area contributed by atoms with Crippen molar-refractivity contribution >= 4 is 11.2 Å². The molecule has 1 fully saturated rings. The Bertz CT molecular complexity index is 3180. The maximum atomic E-state index is 15.6. The van der Waals surface area contributed by atoms with Crippen molar-refractivity contribution in [2.45, 2.75) is 49.3 Å². The van der Waals surface area contributed by atoms with Gasteiger partial charge < -0.3 is 43.0 Å². The van der Waals surface area contributed by atoms with Gasteiger partial charge in [-0.05, 0) is 111 Å². The average Bonchev–Trinajstić information content (AvgIpc) is 4.07. The van der Waals surface area contributed by atoms with Crippen LogP contribution in [-0.2, 0) is 38.6 Å². The molecule has 74 heavy (non-hydrogen) atoms. The number of imidazole rings is 1. The van der Waals surface area contributed by atoms with Crippen LogP contribution >= 0.6 is 0 Å². The minimum atomic E-state index is -1.11. The van der Waals surface area contributed by atoms with Crippen molar-refractivity contribution in [2.75, 3.05) is 35.0 Å². The summed E-state index contributed by atoms with van der Waals surface area (Å²) in [5, 5.41) is 11.6. The maximum absolute atomic E-state index is 15.6. The Balaban J connectivity index is 0.878. The van der Waals surface area contributed by atoms with Crippen molar-refractivity contribution in [1.29, 1.82) is 0 Å². The molecule has 0 saturated carbocycles. The number of aliphatic hydroxyl groups excluding tert-OH is 1. The lowest BCUT2D eigenvalue weighted by molar-refractivity contribution is -0.0931. The van der Waals surface area contributed by atoms with Crippen LogP contribution in [0.5, 0.6) is 28.9 Å². The Hall–Kier alpha value is -8.14. The fourth-order valence-electron chi connectivity index (χ4n) is 9.77. The van der Waals surface area contributed by atoms with Crippen molar-refractivity contribution in [3.8, 4) is 28.9 Å². The van der Waals surface area contributed by atoms with E-state index in [1.54, 1.807) is 39.3 Å². The Morgan fingerprint density at radius 3 is 1.47 bits per heavy atom. The molecule has 1 aliphatic rings. The molecule has 3 heterocycles. The van der Waals surface area contributed by atoms with Gasteiger partial charge in [0.15, 0.2) is 11.2 Å². The lowest BCUT2D eigenvalue weighted by Gasteiger charge is -2.37. The summed E-state index contributed by atoms with van der Waals surface area (Å²) in [4.78, 5) is 13.6. The number of benzene rings is 7. The normalized spacial score (nSPS) is 15.7. The van der Waals surface area contributed by atoms with Gasteiger partial charge in [0, 0.05) is 6.42 Å². The van der Waals surface area contributed by atoms with E-state index in [1.807, 2.05) is 164 Å². The molecule has 3 atom stereocenters. The Kier molecular flexibility index (Phi) is 14.6. The molecule has 2 aromatic heterocycles. The third-order valence-corrected chi connectivity index (χ3v) is 13.5. The minimum absolute atomic E-state index is 0.0253. The molecule has 13 nitrogen and oxygen atoms in total. The Labute approximate surface area is 428 Å². The summed E-state index contributed by atoms with van der Waals surface area (Å²) < 4.78 is 66.4. The maximum Gasteiger partial charge on any atom is 0.245 e. The monoisotopic (exact) mass is 994 g/mol. The highest BCUT2D eigenvalue weighted by Crippen LogP contribution is 2.45.